The minimum Gasteiger partial charge on any atom is -0.314 e. The normalized spacial score (nSPS) is 17.4. The summed E-state index contributed by atoms with van der Waals surface area (Å²) in [6.07, 6.45) is 2.52. The number of hydrogen-bond donors (Lipinski definition) is 1. The third-order valence-corrected chi connectivity index (χ3v) is 5.60. The van der Waals surface area contributed by atoms with Gasteiger partial charge in [-0.05, 0) is 40.9 Å². The molecule has 1 aromatic heterocycles. The molecular weight excluding hydrogens is 367 g/mol. The van der Waals surface area contributed by atoms with E-state index in [2.05, 4.69) is 46.1 Å². The summed E-state index contributed by atoms with van der Waals surface area (Å²) in [6.45, 7) is 9.09. The Bertz CT molecular complexity index is 348. The number of nitrogens with zero attached hydrogens (tertiary/aromatic N) is 1. The van der Waals surface area contributed by atoms with Crippen molar-refractivity contribution in [3.8, 4) is 0 Å². The molecule has 2 nitrogen and oxygen atoms in total. The molecule has 112 valence electrons. The highest BCUT2D eigenvalue weighted by Crippen LogP contribution is 2.36. The van der Waals surface area contributed by atoms with E-state index in [1.54, 1.807) is 0 Å². The molecular formula is C13H23BrCl2N2S. The zero-order chi connectivity index (χ0) is 12.3. The Labute approximate surface area is 141 Å². The van der Waals surface area contributed by atoms with Crippen molar-refractivity contribution in [3.05, 3.63) is 20.3 Å². The Morgan fingerprint density at radius 2 is 2.00 bits per heavy atom. The molecule has 0 saturated carbocycles. The van der Waals surface area contributed by atoms with Gasteiger partial charge >= 0.3 is 0 Å². The molecule has 1 N–H and O–H groups in total. The SMILES string of the molecule is CCC[C@@H](c1cc(C)c(Br)s1)N1CCNCC1.Cl.Cl. The van der Waals surface area contributed by atoms with Crippen molar-refractivity contribution in [3.63, 3.8) is 0 Å². The van der Waals surface area contributed by atoms with Crippen LogP contribution in [0.1, 0.15) is 36.2 Å². The lowest BCUT2D eigenvalue weighted by atomic mass is 10.1. The lowest BCUT2D eigenvalue weighted by molar-refractivity contribution is 0.167. The lowest BCUT2D eigenvalue weighted by Gasteiger charge is -2.34. The van der Waals surface area contributed by atoms with E-state index in [9.17, 15) is 0 Å². The molecule has 1 aliphatic heterocycles. The van der Waals surface area contributed by atoms with E-state index < -0.39 is 0 Å². The topological polar surface area (TPSA) is 15.3 Å². The fourth-order valence-electron chi connectivity index (χ4n) is 2.42. The van der Waals surface area contributed by atoms with E-state index in [1.165, 1.54) is 40.2 Å². The van der Waals surface area contributed by atoms with Crippen LogP contribution >= 0.6 is 52.1 Å². The van der Waals surface area contributed by atoms with E-state index in [0.717, 1.165) is 13.1 Å². The van der Waals surface area contributed by atoms with Crippen LogP contribution in [-0.4, -0.2) is 31.1 Å². The maximum absolute atomic E-state index is 3.65. The largest absolute Gasteiger partial charge is 0.314 e. The summed E-state index contributed by atoms with van der Waals surface area (Å²) in [4.78, 5) is 4.16. The van der Waals surface area contributed by atoms with E-state index in [-0.39, 0.29) is 24.8 Å². The molecule has 6 heteroatoms. The van der Waals surface area contributed by atoms with Gasteiger partial charge in [-0.3, -0.25) is 4.90 Å². The molecule has 1 fully saturated rings. The van der Waals surface area contributed by atoms with Crippen LogP contribution in [0.25, 0.3) is 0 Å². The van der Waals surface area contributed by atoms with Crippen LogP contribution in [0.15, 0.2) is 9.85 Å². The minimum absolute atomic E-state index is 0. The van der Waals surface area contributed by atoms with Crippen molar-refractivity contribution < 1.29 is 0 Å². The summed E-state index contributed by atoms with van der Waals surface area (Å²) >= 11 is 5.56. The second-order valence-corrected chi connectivity index (χ2v) is 7.10. The Morgan fingerprint density at radius 3 is 2.47 bits per heavy atom. The third-order valence-electron chi connectivity index (χ3n) is 3.36. The van der Waals surface area contributed by atoms with Gasteiger partial charge in [0.15, 0.2) is 0 Å². The van der Waals surface area contributed by atoms with E-state index in [0.29, 0.717) is 6.04 Å². The van der Waals surface area contributed by atoms with Gasteiger partial charge in [-0.1, -0.05) is 13.3 Å². The average Bonchev–Trinajstić information content (AvgIpc) is 2.67. The summed E-state index contributed by atoms with van der Waals surface area (Å²) in [5, 5.41) is 3.43. The molecule has 0 bridgehead atoms. The number of piperazine rings is 1. The molecule has 0 unspecified atom stereocenters. The van der Waals surface area contributed by atoms with Gasteiger partial charge < -0.3 is 5.32 Å². The smallest absolute Gasteiger partial charge is 0.0731 e. The van der Waals surface area contributed by atoms with Gasteiger partial charge in [0, 0.05) is 37.1 Å². The highest BCUT2D eigenvalue weighted by atomic mass is 79.9. The zero-order valence-corrected chi connectivity index (χ0v) is 15.5. The van der Waals surface area contributed by atoms with Gasteiger partial charge in [0.2, 0.25) is 0 Å². The van der Waals surface area contributed by atoms with Crippen LogP contribution in [0.3, 0.4) is 0 Å². The second kappa shape index (κ2) is 9.59. The van der Waals surface area contributed by atoms with E-state index in [1.807, 2.05) is 11.3 Å². The van der Waals surface area contributed by atoms with Crippen LogP contribution < -0.4 is 5.32 Å². The summed E-state index contributed by atoms with van der Waals surface area (Å²) in [6, 6.07) is 2.98. The van der Waals surface area contributed by atoms with Crippen molar-refractivity contribution in [2.24, 2.45) is 0 Å². The van der Waals surface area contributed by atoms with Crippen LogP contribution in [0.5, 0.6) is 0 Å². The summed E-state index contributed by atoms with van der Waals surface area (Å²) in [5.74, 6) is 0. The fraction of sp³-hybridized carbons (Fsp3) is 0.692. The first-order valence-electron chi connectivity index (χ1n) is 6.43. The number of thiophene rings is 1. The van der Waals surface area contributed by atoms with E-state index in [4.69, 9.17) is 0 Å². The lowest BCUT2D eigenvalue weighted by Crippen LogP contribution is -2.45. The zero-order valence-electron chi connectivity index (χ0n) is 11.4. The maximum atomic E-state index is 3.65. The van der Waals surface area contributed by atoms with Gasteiger partial charge in [-0.15, -0.1) is 36.2 Å². The number of rotatable bonds is 4. The molecule has 1 saturated heterocycles. The molecule has 2 rings (SSSR count). The van der Waals surface area contributed by atoms with E-state index >= 15 is 0 Å². The first-order chi connectivity index (χ1) is 8.22. The van der Waals surface area contributed by atoms with Gasteiger partial charge in [-0.2, -0.15) is 0 Å². The van der Waals surface area contributed by atoms with Gasteiger partial charge in [-0.25, -0.2) is 0 Å². The number of aryl methyl sites for hydroxylation is 1. The van der Waals surface area contributed by atoms with Crippen molar-refractivity contribution >= 4 is 52.1 Å². The highest BCUT2D eigenvalue weighted by molar-refractivity contribution is 9.11. The van der Waals surface area contributed by atoms with Crippen LogP contribution in [-0.2, 0) is 0 Å². The molecule has 19 heavy (non-hydrogen) atoms. The molecule has 0 aromatic carbocycles. The molecule has 0 aliphatic carbocycles. The minimum atomic E-state index is 0. The average molecular weight is 390 g/mol. The van der Waals surface area contributed by atoms with Gasteiger partial charge in [0.1, 0.15) is 0 Å². The summed E-state index contributed by atoms with van der Waals surface area (Å²) in [7, 11) is 0. The molecule has 2 heterocycles. The van der Waals surface area contributed by atoms with Crippen LogP contribution in [0.2, 0.25) is 0 Å². The Morgan fingerprint density at radius 1 is 1.37 bits per heavy atom. The molecule has 0 spiro atoms. The Kier molecular flexibility index (Phi) is 9.93. The Balaban J connectivity index is 0.00000162. The van der Waals surface area contributed by atoms with Crippen molar-refractivity contribution in [1.29, 1.82) is 0 Å². The quantitative estimate of drug-likeness (QED) is 0.820. The predicted molar refractivity (Wildman–Crippen MR) is 93.3 cm³/mol. The van der Waals surface area contributed by atoms with Crippen molar-refractivity contribution in [1.82, 2.24) is 10.2 Å². The van der Waals surface area contributed by atoms with Gasteiger partial charge in [0.05, 0.1) is 3.79 Å². The van der Waals surface area contributed by atoms with Gasteiger partial charge in [0.25, 0.3) is 0 Å². The first-order valence-corrected chi connectivity index (χ1v) is 8.04. The number of nitrogens with one attached hydrogen (secondary N) is 1. The van der Waals surface area contributed by atoms with Crippen LogP contribution in [0, 0.1) is 6.92 Å². The van der Waals surface area contributed by atoms with Crippen molar-refractivity contribution in [2.75, 3.05) is 26.2 Å². The van der Waals surface area contributed by atoms with Crippen molar-refractivity contribution in [2.45, 2.75) is 32.7 Å². The number of hydrogen-bond acceptors (Lipinski definition) is 3. The summed E-state index contributed by atoms with van der Waals surface area (Å²) < 4.78 is 1.30. The third kappa shape index (κ3) is 5.18. The standard InChI is InChI=1S/C13H21BrN2S.2ClH/c1-3-4-11(16-7-5-15-6-8-16)12-9-10(2)13(14)17-12;;/h9,11,15H,3-8H2,1-2H3;2*1H/t11-;;/m0../s1. The molecule has 1 aliphatic rings. The van der Waals surface area contributed by atoms with Crippen LogP contribution in [0.4, 0.5) is 0 Å². The summed E-state index contributed by atoms with van der Waals surface area (Å²) in [5.41, 5.74) is 1.38. The molecule has 1 atom stereocenters. The molecule has 1 aromatic rings. The fourth-order valence-corrected chi connectivity index (χ4v) is 4.16. The molecule has 0 radical (unpaired) electrons. The second-order valence-electron chi connectivity index (χ2n) is 4.70. The predicted octanol–water partition coefficient (Wildman–Crippen LogP) is 4.41. The number of halogens is 3. The first kappa shape index (κ1) is 19.7. The monoisotopic (exact) mass is 388 g/mol. The molecule has 0 amide bonds. The maximum Gasteiger partial charge on any atom is 0.0731 e. The Hall–Kier alpha value is 0.680. The highest BCUT2D eigenvalue weighted by Gasteiger charge is 2.23.